The first kappa shape index (κ1) is 16.4. The number of phenolic OH excluding ortho intramolecular Hbond substituents is 1. The number of benzene rings is 1. The van der Waals surface area contributed by atoms with Crippen LogP contribution < -0.4 is 4.74 Å². The van der Waals surface area contributed by atoms with Crippen LogP contribution in [0.2, 0.25) is 0 Å². The highest BCUT2D eigenvalue weighted by Gasteiger charge is 2.39. The van der Waals surface area contributed by atoms with E-state index in [1.807, 2.05) is 6.07 Å². The number of ether oxygens (including phenoxy) is 1. The summed E-state index contributed by atoms with van der Waals surface area (Å²) < 4.78 is 6.13. The molecule has 0 heterocycles. The number of aromatic hydroxyl groups is 1. The highest BCUT2D eigenvalue weighted by Crippen LogP contribution is 2.49. The molecule has 2 atom stereocenters. The number of allylic oxidation sites excluding steroid dienone is 1. The molecule has 1 aromatic carbocycles. The third kappa shape index (κ3) is 3.13. The van der Waals surface area contributed by atoms with Crippen molar-refractivity contribution in [2.45, 2.75) is 40.0 Å². The van der Waals surface area contributed by atoms with E-state index in [1.54, 1.807) is 13.2 Å². The van der Waals surface area contributed by atoms with E-state index in [9.17, 15) is 5.11 Å². The molecule has 0 spiro atoms. The minimum absolute atomic E-state index is 0.197. The Morgan fingerprint density at radius 2 is 2.10 bits per heavy atom. The van der Waals surface area contributed by atoms with Crippen molar-refractivity contribution in [3.05, 3.63) is 34.3 Å². The van der Waals surface area contributed by atoms with Gasteiger partial charge in [-0.25, -0.2) is 0 Å². The van der Waals surface area contributed by atoms with Gasteiger partial charge in [0.05, 0.1) is 11.6 Å². The van der Waals surface area contributed by atoms with Crippen molar-refractivity contribution in [1.82, 2.24) is 0 Å². The summed E-state index contributed by atoms with van der Waals surface area (Å²) in [5.41, 5.74) is 2.44. The van der Waals surface area contributed by atoms with E-state index in [0.29, 0.717) is 17.6 Å². The van der Waals surface area contributed by atoms with E-state index in [2.05, 4.69) is 43.3 Å². The average Bonchev–Trinajstić information content (AvgIpc) is 2.41. The smallest absolute Gasteiger partial charge is 0.133 e. The van der Waals surface area contributed by atoms with Gasteiger partial charge in [0.1, 0.15) is 11.5 Å². The van der Waals surface area contributed by atoms with E-state index >= 15 is 0 Å². The fourth-order valence-electron chi connectivity index (χ4n) is 3.35. The third-order valence-corrected chi connectivity index (χ3v) is 5.96. The lowest BCUT2D eigenvalue weighted by Gasteiger charge is -2.45. The number of hydrogen-bond donors (Lipinski definition) is 1. The van der Waals surface area contributed by atoms with Gasteiger partial charge in [-0.1, -0.05) is 32.9 Å². The summed E-state index contributed by atoms with van der Waals surface area (Å²) in [6, 6.07) is 3.65. The molecule has 2 nitrogen and oxygen atoms in total. The summed E-state index contributed by atoms with van der Waals surface area (Å²) >= 11 is 3.41. The number of methoxy groups -OCH3 is 1. The minimum Gasteiger partial charge on any atom is -0.508 e. The summed E-state index contributed by atoms with van der Waals surface area (Å²) in [6.07, 6.45) is 3.10. The van der Waals surface area contributed by atoms with E-state index in [1.165, 1.54) is 12.0 Å². The maximum absolute atomic E-state index is 10.2. The monoisotopic (exact) mass is 352 g/mol. The number of halogens is 1. The van der Waals surface area contributed by atoms with E-state index in [0.717, 1.165) is 28.6 Å². The Labute approximate surface area is 136 Å². The number of hydrogen-bond acceptors (Lipinski definition) is 2. The lowest BCUT2D eigenvalue weighted by molar-refractivity contribution is 0.112. The van der Waals surface area contributed by atoms with Crippen molar-refractivity contribution < 1.29 is 9.84 Å². The maximum Gasteiger partial charge on any atom is 0.133 e. The predicted molar refractivity (Wildman–Crippen MR) is 90.9 cm³/mol. The Bertz CT molecular complexity index is 548. The molecule has 0 aromatic heterocycles. The van der Waals surface area contributed by atoms with Crippen LogP contribution in [-0.2, 0) is 6.42 Å². The Kier molecular flexibility index (Phi) is 4.72. The van der Waals surface area contributed by atoms with Crippen molar-refractivity contribution in [3.8, 4) is 11.5 Å². The highest BCUT2D eigenvalue weighted by molar-refractivity contribution is 9.10. The molecule has 21 heavy (non-hydrogen) atoms. The second-order valence-corrected chi connectivity index (χ2v) is 7.65. The van der Waals surface area contributed by atoms with Gasteiger partial charge in [0, 0.05) is 0 Å². The van der Waals surface area contributed by atoms with Crippen LogP contribution in [0.15, 0.2) is 28.8 Å². The molecular formula is C18H25BrO2. The lowest BCUT2D eigenvalue weighted by atomic mass is 9.60. The standard InChI is InChI=1S/C18H25BrO2/c1-11-6-7-12(2)18(3,4)14(11)8-13-9-17(21-5)15(19)10-16(13)20/h9-10,12,14,20H,1,6-8H2,2-5H3/t12-,14-/m1/s1. The Balaban J connectivity index is 2.34. The molecule has 3 heteroatoms. The predicted octanol–water partition coefficient (Wildman–Crippen LogP) is 5.33. The third-order valence-electron chi connectivity index (χ3n) is 5.34. The fraction of sp³-hybridized carbons (Fsp3) is 0.556. The van der Waals surface area contributed by atoms with Crippen molar-refractivity contribution in [2.75, 3.05) is 7.11 Å². The zero-order chi connectivity index (χ0) is 15.8. The average molecular weight is 353 g/mol. The summed E-state index contributed by atoms with van der Waals surface area (Å²) in [5, 5.41) is 10.2. The Morgan fingerprint density at radius 1 is 1.43 bits per heavy atom. The second-order valence-electron chi connectivity index (χ2n) is 6.79. The normalized spacial score (nSPS) is 24.9. The van der Waals surface area contributed by atoms with E-state index in [-0.39, 0.29) is 5.41 Å². The van der Waals surface area contributed by atoms with Gasteiger partial charge in [-0.3, -0.25) is 0 Å². The van der Waals surface area contributed by atoms with Crippen LogP contribution in [0.3, 0.4) is 0 Å². The SMILES string of the molecule is C=C1CC[C@@H](C)C(C)(C)[C@@H]1Cc1cc(OC)c(Br)cc1O. The molecule has 0 unspecified atom stereocenters. The summed E-state index contributed by atoms with van der Waals surface area (Å²) in [6.45, 7) is 11.2. The zero-order valence-electron chi connectivity index (χ0n) is 13.4. The van der Waals surface area contributed by atoms with Crippen LogP contribution >= 0.6 is 15.9 Å². The molecule has 1 fully saturated rings. The molecule has 2 rings (SSSR count). The van der Waals surface area contributed by atoms with Crippen LogP contribution in [0.4, 0.5) is 0 Å². The molecule has 0 radical (unpaired) electrons. The topological polar surface area (TPSA) is 29.5 Å². The quantitative estimate of drug-likeness (QED) is 0.744. The molecule has 0 amide bonds. The highest BCUT2D eigenvalue weighted by atomic mass is 79.9. The van der Waals surface area contributed by atoms with Crippen LogP contribution in [0.1, 0.15) is 39.2 Å². The number of phenols is 1. The van der Waals surface area contributed by atoms with Crippen molar-refractivity contribution in [2.24, 2.45) is 17.3 Å². The van der Waals surface area contributed by atoms with Gasteiger partial charge in [-0.05, 0) is 70.1 Å². The maximum atomic E-state index is 10.2. The summed E-state index contributed by atoms with van der Waals surface area (Å²) in [4.78, 5) is 0. The van der Waals surface area contributed by atoms with Crippen LogP contribution in [0, 0.1) is 17.3 Å². The Morgan fingerprint density at radius 3 is 2.71 bits per heavy atom. The van der Waals surface area contributed by atoms with Crippen molar-refractivity contribution >= 4 is 15.9 Å². The van der Waals surface area contributed by atoms with Crippen molar-refractivity contribution in [3.63, 3.8) is 0 Å². The summed E-state index contributed by atoms with van der Waals surface area (Å²) in [5.74, 6) is 2.13. The van der Waals surface area contributed by atoms with Crippen LogP contribution in [-0.4, -0.2) is 12.2 Å². The first-order valence-corrected chi connectivity index (χ1v) is 8.29. The largest absolute Gasteiger partial charge is 0.508 e. The van der Waals surface area contributed by atoms with Gasteiger partial charge < -0.3 is 9.84 Å². The molecule has 1 aliphatic rings. The molecule has 0 bridgehead atoms. The lowest BCUT2D eigenvalue weighted by Crippen LogP contribution is -2.37. The van der Waals surface area contributed by atoms with E-state index in [4.69, 9.17) is 4.74 Å². The number of rotatable bonds is 3. The zero-order valence-corrected chi connectivity index (χ0v) is 15.0. The minimum atomic E-state index is 0.197. The molecule has 1 N–H and O–H groups in total. The van der Waals surface area contributed by atoms with Gasteiger partial charge in [-0.15, -0.1) is 0 Å². The first-order chi connectivity index (χ1) is 9.77. The molecule has 1 saturated carbocycles. The first-order valence-electron chi connectivity index (χ1n) is 7.50. The summed E-state index contributed by atoms with van der Waals surface area (Å²) in [7, 11) is 1.65. The second kappa shape index (κ2) is 6.04. The molecule has 0 aliphatic heterocycles. The molecule has 0 saturated heterocycles. The molecule has 1 aliphatic carbocycles. The molecular weight excluding hydrogens is 328 g/mol. The van der Waals surface area contributed by atoms with Crippen LogP contribution in [0.25, 0.3) is 0 Å². The van der Waals surface area contributed by atoms with Gasteiger partial charge in [0.2, 0.25) is 0 Å². The van der Waals surface area contributed by atoms with Gasteiger partial charge in [0.15, 0.2) is 0 Å². The van der Waals surface area contributed by atoms with Crippen molar-refractivity contribution in [1.29, 1.82) is 0 Å². The molecule has 116 valence electrons. The van der Waals surface area contributed by atoms with Gasteiger partial charge in [0.25, 0.3) is 0 Å². The molecule has 1 aromatic rings. The van der Waals surface area contributed by atoms with Crippen LogP contribution in [0.5, 0.6) is 11.5 Å². The van der Waals surface area contributed by atoms with Gasteiger partial charge in [-0.2, -0.15) is 0 Å². The Hall–Kier alpha value is -0.960. The fourth-order valence-corrected chi connectivity index (χ4v) is 3.84. The van der Waals surface area contributed by atoms with E-state index < -0.39 is 0 Å². The van der Waals surface area contributed by atoms with Gasteiger partial charge >= 0.3 is 0 Å².